The first-order valence-electron chi connectivity index (χ1n) is 7.78. The van der Waals surface area contributed by atoms with E-state index in [2.05, 4.69) is 4.99 Å². The summed E-state index contributed by atoms with van der Waals surface area (Å²) < 4.78 is 24.0. The van der Waals surface area contributed by atoms with Crippen molar-refractivity contribution in [3.05, 3.63) is 29.8 Å². The van der Waals surface area contributed by atoms with Crippen LogP contribution in [0.15, 0.2) is 29.3 Å². The second kappa shape index (κ2) is 5.34. The van der Waals surface area contributed by atoms with Gasteiger partial charge >= 0.3 is 0 Å². The smallest absolute Gasteiger partial charge is 0.251 e. The third-order valence-corrected chi connectivity index (χ3v) is 7.72. The van der Waals surface area contributed by atoms with Crippen LogP contribution in [0.1, 0.15) is 18.4 Å². The normalized spacial score (nSPS) is 30.7. The highest BCUT2D eigenvalue weighted by molar-refractivity contribution is 8.16. The SMILES string of the molecule is Cc1ccc(N2C(=NC(=O)C3CC3)S[C@H]3CS(=O)(=O)C[C@H]32)cc1. The number of sulfone groups is 1. The van der Waals surface area contributed by atoms with Crippen molar-refractivity contribution in [2.24, 2.45) is 10.9 Å². The minimum Gasteiger partial charge on any atom is -0.316 e. The lowest BCUT2D eigenvalue weighted by Gasteiger charge is -2.24. The number of nitrogens with zero attached hydrogens (tertiary/aromatic N) is 2. The lowest BCUT2D eigenvalue weighted by atomic mass is 10.1. The first kappa shape index (κ1) is 15.2. The summed E-state index contributed by atoms with van der Waals surface area (Å²) in [6, 6.07) is 7.81. The van der Waals surface area contributed by atoms with Crippen LogP contribution in [0.5, 0.6) is 0 Å². The Labute approximate surface area is 140 Å². The number of carbonyl (C=O) groups excluding carboxylic acids is 1. The molecule has 2 heterocycles. The maximum atomic E-state index is 12.1. The highest BCUT2D eigenvalue weighted by atomic mass is 32.2. The molecule has 0 spiro atoms. The molecule has 0 N–H and O–H groups in total. The van der Waals surface area contributed by atoms with Crippen LogP contribution in [0.2, 0.25) is 0 Å². The summed E-state index contributed by atoms with van der Waals surface area (Å²) in [5.74, 6) is 0.316. The van der Waals surface area contributed by atoms with Crippen molar-refractivity contribution in [2.45, 2.75) is 31.1 Å². The van der Waals surface area contributed by atoms with Crippen molar-refractivity contribution in [1.82, 2.24) is 0 Å². The predicted molar refractivity (Wildman–Crippen MR) is 92.6 cm³/mol. The third kappa shape index (κ3) is 2.92. The van der Waals surface area contributed by atoms with Gasteiger partial charge in [-0.05, 0) is 31.9 Å². The molecular formula is C16H18N2O3S2. The fourth-order valence-electron chi connectivity index (χ4n) is 3.09. The Kier molecular flexibility index (Phi) is 3.53. The Bertz CT molecular complexity index is 782. The molecular weight excluding hydrogens is 332 g/mol. The molecule has 122 valence electrons. The van der Waals surface area contributed by atoms with Crippen molar-refractivity contribution < 1.29 is 13.2 Å². The van der Waals surface area contributed by atoms with E-state index in [-0.39, 0.29) is 34.6 Å². The minimum atomic E-state index is -3.01. The molecule has 1 aromatic carbocycles. The molecule has 1 saturated carbocycles. The van der Waals surface area contributed by atoms with E-state index in [9.17, 15) is 13.2 Å². The number of fused-ring (bicyclic) bond motifs is 1. The van der Waals surface area contributed by atoms with Gasteiger partial charge in [0.25, 0.3) is 5.91 Å². The van der Waals surface area contributed by atoms with Gasteiger partial charge in [-0.3, -0.25) is 4.79 Å². The first-order valence-corrected chi connectivity index (χ1v) is 10.5. The number of thioether (sulfide) groups is 1. The van der Waals surface area contributed by atoms with E-state index in [4.69, 9.17) is 0 Å². The fraction of sp³-hybridized carbons (Fsp3) is 0.500. The van der Waals surface area contributed by atoms with E-state index in [1.165, 1.54) is 11.8 Å². The molecule has 0 aromatic heterocycles. The topological polar surface area (TPSA) is 66.8 Å². The monoisotopic (exact) mass is 350 g/mol. The van der Waals surface area contributed by atoms with Crippen molar-refractivity contribution in [3.63, 3.8) is 0 Å². The van der Waals surface area contributed by atoms with E-state index in [0.717, 1.165) is 24.1 Å². The van der Waals surface area contributed by atoms with Crippen LogP contribution in [0.25, 0.3) is 0 Å². The van der Waals surface area contributed by atoms with Crippen LogP contribution in [0.4, 0.5) is 5.69 Å². The summed E-state index contributed by atoms with van der Waals surface area (Å²) >= 11 is 1.44. The van der Waals surface area contributed by atoms with Crippen molar-refractivity contribution in [2.75, 3.05) is 16.4 Å². The average Bonchev–Trinajstić information content (AvgIpc) is 3.22. The fourth-order valence-corrected chi connectivity index (χ4v) is 7.01. The summed E-state index contributed by atoms with van der Waals surface area (Å²) in [5.41, 5.74) is 2.05. The van der Waals surface area contributed by atoms with Crippen molar-refractivity contribution >= 4 is 38.4 Å². The number of rotatable bonds is 2. The number of aliphatic imine (C=N–C) groups is 1. The molecule has 7 heteroatoms. The predicted octanol–water partition coefficient (Wildman–Crippen LogP) is 2.01. The number of benzene rings is 1. The van der Waals surface area contributed by atoms with Gasteiger partial charge in [0, 0.05) is 16.9 Å². The van der Waals surface area contributed by atoms with Gasteiger partial charge in [-0.2, -0.15) is 4.99 Å². The number of hydrogen-bond acceptors (Lipinski definition) is 4. The molecule has 0 radical (unpaired) electrons. The van der Waals surface area contributed by atoms with Gasteiger partial charge in [-0.25, -0.2) is 8.42 Å². The van der Waals surface area contributed by atoms with Crippen LogP contribution in [0, 0.1) is 12.8 Å². The molecule has 2 saturated heterocycles. The Hall–Kier alpha value is -1.34. The largest absolute Gasteiger partial charge is 0.316 e. The van der Waals surface area contributed by atoms with Gasteiger partial charge in [0.15, 0.2) is 15.0 Å². The molecule has 3 fully saturated rings. The number of aryl methyl sites for hydroxylation is 1. The van der Waals surface area contributed by atoms with Gasteiger partial charge in [0.2, 0.25) is 0 Å². The quantitative estimate of drug-likeness (QED) is 0.816. The maximum Gasteiger partial charge on any atom is 0.251 e. The minimum absolute atomic E-state index is 0.0351. The summed E-state index contributed by atoms with van der Waals surface area (Å²) in [5, 5.41) is 0.628. The van der Waals surface area contributed by atoms with Gasteiger partial charge in [-0.1, -0.05) is 29.5 Å². The van der Waals surface area contributed by atoms with Gasteiger partial charge in [-0.15, -0.1) is 0 Å². The summed E-state index contributed by atoms with van der Waals surface area (Å²) in [6.07, 6.45) is 1.85. The number of amidine groups is 1. The van der Waals surface area contributed by atoms with E-state index >= 15 is 0 Å². The van der Waals surface area contributed by atoms with E-state index in [0.29, 0.717) is 5.17 Å². The van der Waals surface area contributed by atoms with Crippen LogP contribution >= 0.6 is 11.8 Å². The van der Waals surface area contributed by atoms with E-state index in [1.54, 1.807) is 0 Å². The molecule has 2 aliphatic heterocycles. The zero-order valence-electron chi connectivity index (χ0n) is 12.8. The average molecular weight is 350 g/mol. The molecule has 4 rings (SSSR count). The Morgan fingerprint density at radius 1 is 1.22 bits per heavy atom. The lowest BCUT2D eigenvalue weighted by molar-refractivity contribution is -0.118. The highest BCUT2D eigenvalue weighted by Crippen LogP contribution is 2.41. The highest BCUT2D eigenvalue weighted by Gasteiger charge is 2.49. The molecule has 23 heavy (non-hydrogen) atoms. The van der Waals surface area contributed by atoms with Gasteiger partial charge < -0.3 is 4.90 Å². The van der Waals surface area contributed by atoms with E-state index < -0.39 is 9.84 Å². The first-order chi connectivity index (χ1) is 10.9. The Morgan fingerprint density at radius 3 is 2.57 bits per heavy atom. The van der Waals surface area contributed by atoms with Crippen LogP contribution in [-0.2, 0) is 14.6 Å². The van der Waals surface area contributed by atoms with Crippen molar-refractivity contribution in [3.8, 4) is 0 Å². The molecule has 1 aromatic rings. The second-order valence-corrected chi connectivity index (χ2v) is 9.87. The summed E-state index contributed by atoms with van der Waals surface area (Å²) in [6.45, 7) is 2.01. The molecule has 0 unspecified atom stereocenters. The number of amides is 1. The molecule has 2 atom stereocenters. The lowest BCUT2D eigenvalue weighted by Crippen LogP contribution is -2.37. The Balaban J connectivity index is 1.71. The van der Waals surface area contributed by atoms with Crippen LogP contribution in [-0.4, -0.2) is 42.3 Å². The molecule has 0 bridgehead atoms. The third-order valence-electron chi connectivity index (χ3n) is 4.51. The van der Waals surface area contributed by atoms with Crippen LogP contribution < -0.4 is 4.90 Å². The standard InChI is InChI=1S/C16H18N2O3S2/c1-10-2-6-12(7-3-10)18-13-8-23(20,21)9-14(13)22-16(18)17-15(19)11-4-5-11/h2-3,6-7,11,13-14H,4-5,8-9H2,1H3/t13-,14+/m1/s1. The second-order valence-electron chi connectivity index (χ2n) is 6.51. The number of hydrogen-bond donors (Lipinski definition) is 0. The van der Waals surface area contributed by atoms with Crippen molar-refractivity contribution in [1.29, 1.82) is 0 Å². The number of carbonyl (C=O) groups is 1. The number of anilines is 1. The van der Waals surface area contributed by atoms with Gasteiger partial charge in [0.05, 0.1) is 17.5 Å². The summed E-state index contributed by atoms with van der Waals surface area (Å²) in [4.78, 5) is 18.4. The molecule has 3 aliphatic rings. The molecule has 1 amide bonds. The van der Waals surface area contributed by atoms with Gasteiger partial charge in [0.1, 0.15) is 0 Å². The zero-order chi connectivity index (χ0) is 16.2. The van der Waals surface area contributed by atoms with E-state index in [1.807, 2.05) is 36.1 Å². The zero-order valence-corrected chi connectivity index (χ0v) is 14.4. The van der Waals surface area contributed by atoms with Crippen LogP contribution in [0.3, 0.4) is 0 Å². The Morgan fingerprint density at radius 2 is 1.91 bits per heavy atom. The maximum absolute atomic E-state index is 12.1. The molecule has 1 aliphatic carbocycles. The molecule has 5 nitrogen and oxygen atoms in total. The summed E-state index contributed by atoms with van der Waals surface area (Å²) in [7, 11) is -3.01.